The van der Waals surface area contributed by atoms with Crippen LogP contribution in [0.25, 0.3) is 22.3 Å². The second-order valence-corrected chi connectivity index (χ2v) is 26.1. The molecule has 560 valence electrons. The molecule has 0 unspecified atom stereocenters. The van der Waals surface area contributed by atoms with Gasteiger partial charge in [-0.15, -0.1) is 0 Å². The highest BCUT2D eigenvalue weighted by Gasteiger charge is 2.45. The second kappa shape index (κ2) is 34.7. The van der Waals surface area contributed by atoms with Crippen molar-refractivity contribution < 1.29 is 120 Å². The van der Waals surface area contributed by atoms with E-state index in [-0.39, 0.29) is 124 Å². The van der Waals surface area contributed by atoms with Crippen LogP contribution in [0.2, 0.25) is 0 Å². The zero-order valence-electron chi connectivity index (χ0n) is 56.7. The van der Waals surface area contributed by atoms with Crippen molar-refractivity contribution in [3.05, 3.63) is 164 Å². The zero-order valence-corrected chi connectivity index (χ0v) is 58.2. The van der Waals surface area contributed by atoms with Gasteiger partial charge in [0.05, 0.1) is 30.5 Å². The third-order valence-corrected chi connectivity index (χ3v) is 12.9. The highest BCUT2D eigenvalue weighted by molar-refractivity contribution is 6.00. The number of nitrogens with one attached hydrogen (secondary N) is 4. The number of carbonyl (C=O) groups is 6. The summed E-state index contributed by atoms with van der Waals surface area (Å²) in [6, 6.07) is 22.2. The van der Waals surface area contributed by atoms with Gasteiger partial charge in [-0.3, -0.25) is 43.7 Å². The average molecular weight is 1500 g/mol. The van der Waals surface area contributed by atoms with Crippen LogP contribution in [0.15, 0.2) is 119 Å². The summed E-state index contributed by atoms with van der Waals surface area (Å²) in [6.45, 7) is 21.0. The van der Waals surface area contributed by atoms with Gasteiger partial charge >= 0.3 is 53.7 Å². The van der Waals surface area contributed by atoms with Crippen molar-refractivity contribution in [2.75, 3.05) is 21.3 Å². The summed E-state index contributed by atoms with van der Waals surface area (Å²) in [5, 5.41) is 11.6. The molecule has 0 aliphatic carbocycles. The maximum atomic E-state index is 13.7. The van der Waals surface area contributed by atoms with E-state index in [1.165, 1.54) is 18.3 Å². The minimum atomic E-state index is -5.26. The quantitative estimate of drug-likeness (QED) is 0.0391. The predicted molar refractivity (Wildman–Crippen MR) is 364 cm³/mol. The number of halogens is 8. The molecule has 0 radical (unpaired) electrons. The Balaban J connectivity index is 0. The van der Waals surface area contributed by atoms with Crippen LogP contribution in [-0.2, 0) is 54.6 Å². The summed E-state index contributed by atoms with van der Waals surface area (Å²) >= 11 is 0. The van der Waals surface area contributed by atoms with E-state index in [1.54, 1.807) is 45.0 Å². The molecule has 0 aliphatic rings. The van der Waals surface area contributed by atoms with Crippen molar-refractivity contribution >= 4 is 81.2 Å². The summed E-state index contributed by atoms with van der Waals surface area (Å²) in [6.07, 6.45) is -7.59. The van der Waals surface area contributed by atoms with Gasteiger partial charge in [0.2, 0.25) is 11.5 Å². The molecule has 12 N–H and O–H groups in total. The number of carboxylic acid groups (broad SMARTS) is 1. The highest BCUT2D eigenvalue weighted by Crippen LogP contribution is 2.29. The molecular weight excluding hydrogens is 1410 g/mol. The van der Waals surface area contributed by atoms with Crippen LogP contribution < -0.4 is 82.7 Å². The Morgan fingerprint density at radius 3 is 1.43 bits per heavy atom. The van der Waals surface area contributed by atoms with Gasteiger partial charge in [0.15, 0.2) is 17.2 Å². The van der Waals surface area contributed by atoms with E-state index in [0.29, 0.717) is 27.5 Å². The fourth-order valence-electron chi connectivity index (χ4n) is 8.80. The maximum Gasteiger partial charge on any atom is 0.471 e. The van der Waals surface area contributed by atoms with Crippen molar-refractivity contribution in [2.45, 2.75) is 163 Å². The van der Waals surface area contributed by atoms with Crippen LogP contribution in [0.1, 0.15) is 139 Å². The molecule has 4 aromatic carbocycles. The molecule has 0 saturated carbocycles. The number of aromatic amines is 3. The van der Waals surface area contributed by atoms with Gasteiger partial charge in [0.25, 0.3) is 17.0 Å². The van der Waals surface area contributed by atoms with Gasteiger partial charge in [-0.05, 0) is 172 Å². The monoisotopic (exact) mass is 1500 g/mol. The number of carbonyl (C=O) groups excluding carboxylic acids is 5. The van der Waals surface area contributed by atoms with Crippen LogP contribution in [0.5, 0.6) is 11.5 Å². The average Bonchev–Trinajstić information content (AvgIpc) is 0.801. The van der Waals surface area contributed by atoms with Crippen LogP contribution >= 0.6 is 0 Å². The summed E-state index contributed by atoms with van der Waals surface area (Å²) in [7, 11) is 0. The summed E-state index contributed by atoms with van der Waals surface area (Å²) in [4.78, 5) is 125. The number of carboxylic acids is 1. The van der Waals surface area contributed by atoms with E-state index in [9.17, 15) is 64.7 Å². The number of hydrogen-bond donors (Lipinski definition) is 7. The Kier molecular flexibility index (Phi) is 29.1. The van der Waals surface area contributed by atoms with Crippen LogP contribution in [0.3, 0.4) is 0 Å². The molecule has 27 nitrogen and oxygen atoms in total. The Morgan fingerprint density at radius 1 is 0.578 bits per heavy atom. The van der Waals surface area contributed by atoms with Crippen LogP contribution in [-0.4, -0.2) is 122 Å². The number of quaternary nitrogens is 1. The standard InChI is InChI=1S/C33H36F3N7O6.C17H27NO3.C16H11F3N6O4.CH4.2ClH.4H2/c1-31(2,3)48-22-13-7-18(8-14-22)15-23(28(46)49-32(4,5)6)40-26(44)19-9-11-21(12-10-19)43(29(47)33(34,35)36)17-20-16-38-25-24(39-20)27(45)42-30(37)41-25;1-16(2,3)20-13-9-7-12(8-10-13)11-14(18)15(19)21-17(4,5)6;17-16(18,19)14(29)25(9-3-1-7(2-4-9)13(27)28)6-8-5-21-11-10(22-8)12(26)24-15(20)23-11;;;;;;;/h7-14,16,23H,15,17H2,1-6H3,(H,40,44)(H3,37,38,41,42,45);7-10,14H,11,18H2,1-6H3;1-5H,6H2,(H,27,28)(H3,20,21,23,24,26);1H4;6*1H/t23-;14-;;;;;;;;/m00......../s1/i7+1,8+1,13+1,14+1,15+1,18+1,22+1,23+1,28+1;7+1,8+1,9+1,10+1,11+1,12+1,13+1,14+1,15+1;;;;;;;;. The fraction of sp³-hybridized carbons (Fsp3) is 0.373. The largest absolute Gasteiger partial charge is 1.00 e. The van der Waals surface area contributed by atoms with Crippen LogP contribution in [0.4, 0.5) is 49.6 Å². The number of ether oxygens (including phenoxy) is 4. The van der Waals surface area contributed by atoms with E-state index < -0.39 is 95.1 Å². The number of aromatic carboxylic acids is 1. The number of rotatable bonds is 17. The number of amides is 3. The topological polar surface area (TPSA) is 402 Å². The molecule has 0 spiro atoms. The summed E-state index contributed by atoms with van der Waals surface area (Å²) in [5.74, 6) is -6.31. The molecule has 35 heteroatoms. The van der Waals surface area contributed by atoms with E-state index >= 15 is 0 Å². The number of benzene rings is 4. The normalized spacial score (nSPS) is 12.1. The first-order valence-corrected chi connectivity index (χ1v) is 30.2. The Hall–Kier alpha value is -10.5. The van der Waals surface area contributed by atoms with Gasteiger partial charge in [-0.25, -0.2) is 34.3 Å². The SMILES string of the molecule is C.CC(C)(C)O[13C](=O)[13C@@H]([NH3+])[13CH2][13c]1[13cH][13cH][13c](OC(C)(C)C)[13cH][13cH]1.CC(C)(C)O[13C](=O)[13C@H]([13CH2][13c]1[13cH][13cH][13c](OC(C)(C)C)[13cH][13cH]1)NC(=O)c1ccc(N(Cc2c[nH+]c3nc(N)[nH]c(=O)c3n2)C(=O)C(F)(F)F)cc1.Nc1nc2ncc(CN(C(=O)C(F)(F)F)c3ccc(C(=O)O)cc3)nc2c(=O)[nH]1.[Cl-].[Cl-].[HH].[HH].[HH].[HH]. The van der Waals surface area contributed by atoms with E-state index in [0.717, 1.165) is 53.9 Å². The molecule has 0 fully saturated rings. The number of H-pyrrole nitrogens is 3. The fourth-order valence-corrected chi connectivity index (χ4v) is 8.80. The number of aromatic nitrogens is 8. The van der Waals surface area contributed by atoms with Gasteiger partial charge in [-0.1, -0.05) is 31.7 Å². The zero-order chi connectivity index (χ0) is 73.9. The second-order valence-electron chi connectivity index (χ2n) is 26.1. The number of anilines is 4. The first-order valence-electron chi connectivity index (χ1n) is 30.2. The highest BCUT2D eigenvalue weighted by atomic mass is 35.5. The molecular formula is C67H88Cl2F6N14O13. The van der Waals surface area contributed by atoms with Crippen molar-refractivity contribution in [3.8, 4) is 11.5 Å². The molecule has 2 atom stereocenters. The van der Waals surface area contributed by atoms with E-state index in [4.69, 9.17) is 35.5 Å². The minimum Gasteiger partial charge on any atom is -1.00 e. The predicted octanol–water partition coefficient (Wildman–Crippen LogP) is 2.75. The van der Waals surface area contributed by atoms with Gasteiger partial charge in [0.1, 0.15) is 51.8 Å². The summed E-state index contributed by atoms with van der Waals surface area (Å²) < 4.78 is 103. The lowest BCUT2D eigenvalue weighted by molar-refractivity contribution is -0.409. The summed E-state index contributed by atoms with van der Waals surface area (Å²) in [5.41, 5.74) is 11.6. The van der Waals surface area contributed by atoms with Gasteiger partial charge in [0, 0.05) is 35.5 Å². The van der Waals surface area contributed by atoms with Crippen molar-refractivity contribution in [3.63, 3.8) is 0 Å². The third kappa shape index (κ3) is 26.2. The molecule has 4 aromatic heterocycles. The number of nitrogens with two attached hydrogens (primary N) is 2. The lowest BCUT2D eigenvalue weighted by Gasteiger charge is -2.25. The number of nitrogen functional groups attached to an aromatic ring is 2. The van der Waals surface area contributed by atoms with Crippen LogP contribution in [0, 0.1) is 0 Å². The Labute approximate surface area is 599 Å². The number of alkyl halides is 6. The third-order valence-electron chi connectivity index (χ3n) is 12.9. The number of esters is 2. The van der Waals surface area contributed by atoms with Crippen molar-refractivity contribution in [2.24, 2.45) is 0 Å². The maximum absolute atomic E-state index is 13.7. The molecule has 0 bridgehead atoms. The number of hydrogen-bond acceptors (Lipinski definition) is 19. The molecule has 102 heavy (non-hydrogen) atoms. The molecule has 8 rings (SSSR count). The first kappa shape index (κ1) is 85.7. The van der Waals surface area contributed by atoms with Gasteiger partial charge < -0.3 is 71.4 Å². The molecule has 3 amide bonds. The van der Waals surface area contributed by atoms with Crippen molar-refractivity contribution in [1.29, 1.82) is 0 Å². The van der Waals surface area contributed by atoms with E-state index in [1.807, 2.05) is 86.6 Å². The Bertz CT molecular complexity index is 4380. The smallest absolute Gasteiger partial charge is 0.471 e. The molecule has 0 saturated heterocycles. The van der Waals surface area contributed by atoms with E-state index in [2.05, 4.69) is 50.9 Å². The molecule has 8 aromatic rings. The number of nitrogens with zero attached hydrogens (tertiary/aromatic N) is 7. The minimum absolute atomic E-state index is 0. The molecule has 0 aliphatic heterocycles. The van der Waals surface area contributed by atoms with Crippen molar-refractivity contribution in [1.82, 2.24) is 40.2 Å². The first-order chi connectivity index (χ1) is 45.7. The number of fused-ring (bicyclic) bond motifs is 2. The lowest BCUT2D eigenvalue weighted by atomic mass is 10.1. The lowest BCUT2D eigenvalue weighted by Crippen LogP contribution is -3.00. The van der Waals surface area contributed by atoms with Gasteiger partial charge in [-0.2, -0.15) is 31.3 Å². The Morgan fingerprint density at radius 2 is 0.990 bits per heavy atom. The molecule has 4 heterocycles.